The van der Waals surface area contributed by atoms with Crippen LogP contribution in [0, 0.1) is 6.92 Å². The first-order chi connectivity index (χ1) is 20.5. The second-order valence-corrected chi connectivity index (χ2v) is 10.5. The molecule has 1 aliphatic heterocycles. The van der Waals surface area contributed by atoms with Crippen LogP contribution in [-0.2, 0) is 22.6 Å². The van der Waals surface area contributed by atoms with E-state index in [0.717, 1.165) is 33.5 Å². The molecule has 1 aliphatic rings. The van der Waals surface area contributed by atoms with Crippen LogP contribution in [0.25, 0.3) is 10.9 Å². The summed E-state index contributed by atoms with van der Waals surface area (Å²) in [7, 11) is 2.04. The molecule has 0 radical (unpaired) electrons. The quantitative estimate of drug-likeness (QED) is 0.211. The molecule has 0 amide bonds. The van der Waals surface area contributed by atoms with E-state index in [9.17, 15) is 9.59 Å². The Morgan fingerprint density at radius 3 is 2.52 bits per heavy atom. The number of anilines is 1. The lowest BCUT2D eigenvalue weighted by Gasteiger charge is -2.33. The normalized spacial score (nSPS) is 14.2. The number of hydrogen-bond donors (Lipinski definition) is 0. The molecule has 0 saturated heterocycles. The maximum absolute atomic E-state index is 13.9. The van der Waals surface area contributed by atoms with Gasteiger partial charge >= 0.3 is 5.97 Å². The molecule has 0 saturated carbocycles. The van der Waals surface area contributed by atoms with Crippen molar-refractivity contribution < 1.29 is 23.8 Å². The number of esters is 1. The molecule has 1 atom stereocenters. The van der Waals surface area contributed by atoms with Crippen molar-refractivity contribution in [1.29, 1.82) is 0 Å². The Morgan fingerprint density at radius 2 is 1.67 bits per heavy atom. The van der Waals surface area contributed by atoms with E-state index in [1.54, 1.807) is 16.7 Å². The second-order valence-electron chi connectivity index (χ2n) is 10.5. The van der Waals surface area contributed by atoms with E-state index in [1.807, 2.05) is 105 Å². The Labute approximate surface area is 244 Å². The van der Waals surface area contributed by atoms with E-state index in [4.69, 9.17) is 14.2 Å². The molecule has 6 rings (SSSR count). The Bertz CT molecular complexity index is 1740. The molecule has 212 valence electrons. The minimum Gasteiger partial charge on any atom is -0.490 e. The topological polar surface area (TPSA) is 70.0 Å². The smallest absolute Gasteiger partial charge is 0.310 e. The Morgan fingerprint density at radius 1 is 0.905 bits per heavy atom. The van der Waals surface area contributed by atoms with Crippen LogP contribution >= 0.6 is 0 Å². The Balaban J connectivity index is 1.18. The fourth-order valence-corrected chi connectivity index (χ4v) is 5.47. The van der Waals surface area contributed by atoms with Crippen molar-refractivity contribution in [1.82, 2.24) is 4.57 Å². The summed E-state index contributed by atoms with van der Waals surface area (Å²) in [5.41, 5.74) is 4.70. The molecule has 0 unspecified atom stereocenters. The molecule has 4 aromatic carbocycles. The summed E-state index contributed by atoms with van der Waals surface area (Å²) >= 11 is 0. The monoisotopic (exact) mass is 560 g/mol. The van der Waals surface area contributed by atoms with E-state index in [-0.39, 0.29) is 31.0 Å². The predicted molar refractivity (Wildman–Crippen MR) is 162 cm³/mol. The highest BCUT2D eigenvalue weighted by molar-refractivity contribution is 6.04. The lowest BCUT2D eigenvalue weighted by atomic mass is 10.1. The third-order valence-electron chi connectivity index (χ3n) is 7.57. The zero-order chi connectivity index (χ0) is 29.1. The number of nitrogens with zero attached hydrogens (tertiary/aromatic N) is 2. The SMILES string of the molecule is Cc1c(CC(=O)OCc2ccccc2)c2ccccc2n1C(=O)c1cccc(OC[C@@H]2CN(C)c3ccccc3O2)c1. The minimum atomic E-state index is -0.342. The molecular formula is C35H32N2O5. The molecule has 0 aliphatic carbocycles. The molecule has 0 fully saturated rings. The van der Waals surface area contributed by atoms with Crippen LogP contribution < -0.4 is 14.4 Å². The number of carbonyl (C=O) groups is 2. The lowest BCUT2D eigenvalue weighted by molar-refractivity contribution is -0.144. The molecule has 0 spiro atoms. The number of aromatic nitrogens is 1. The van der Waals surface area contributed by atoms with E-state index in [0.29, 0.717) is 30.2 Å². The van der Waals surface area contributed by atoms with Gasteiger partial charge in [-0.25, -0.2) is 0 Å². The van der Waals surface area contributed by atoms with Crippen LogP contribution in [0.3, 0.4) is 0 Å². The summed E-state index contributed by atoms with van der Waals surface area (Å²) in [4.78, 5) is 28.9. The highest BCUT2D eigenvalue weighted by Gasteiger charge is 2.25. The average molecular weight is 561 g/mol. The summed E-state index contributed by atoms with van der Waals surface area (Å²) in [6.45, 7) is 3.11. The van der Waals surface area contributed by atoms with Crippen LogP contribution in [0.2, 0.25) is 0 Å². The summed E-state index contributed by atoms with van der Waals surface area (Å²) < 4.78 is 19.5. The molecule has 5 aromatic rings. The van der Waals surface area contributed by atoms with E-state index in [1.165, 1.54) is 0 Å². The highest BCUT2D eigenvalue weighted by atomic mass is 16.5. The maximum Gasteiger partial charge on any atom is 0.310 e. The highest BCUT2D eigenvalue weighted by Crippen LogP contribution is 2.32. The van der Waals surface area contributed by atoms with Gasteiger partial charge in [-0.15, -0.1) is 0 Å². The molecule has 0 N–H and O–H groups in total. The van der Waals surface area contributed by atoms with Gasteiger partial charge in [0.1, 0.15) is 30.8 Å². The number of carbonyl (C=O) groups excluding carboxylic acids is 2. The van der Waals surface area contributed by atoms with E-state index in [2.05, 4.69) is 4.90 Å². The first-order valence-electron chi connectivity index (χ1n) is 14.0. The van der Waals surface area contributed by atoms with Crippen molar-refractivity contribution >= 4 is 28.5 Å². The van der Waals surface area contributed by atoms with Crippen LogP contribution in [0.4, 0.5) is 5.69 Å². The summed E-state index contributed by atoms with van der Waals surface area (Å²) in [5.74, 6) is 0.884. The fourth-order valence-electron chi connectivity index (χ4n) is 5.47. The molecular weight excluding hydrogens is 528 g/mol. The van der Waals surface area contributed by atoms with Crippen molar-refractivity contribution in [3.05, 3.63) is 126 Å². The van der Waals surface area contributed by atoms with Crippen molar-refractivity contribution in [2.45, 2.75) is 26.1 Å². The molecule has 2 heterocycles. The van der Waals surface area contributed by atoms with Gasteiger partial charge in [-0.2, -0.15) is 0 Å². The zero-order valence-electron chi connectivity index (χ0n) is 23.7. The molecule has 0 bridgehead atoms. The standard InChI is InChI=1S/C35H32N2O5/c1-24-30(20-34(38)41-22-25-11-4-3-5-12-25)29-15-6-7-16-31(29)37(24)35(39)26-13-10-14-27(19-26)40-23-28-21-36(2)32-17-8-9-18-33(32)42-28/h3-19,28H,20-23H2,1-2H3/t28-/m0/s1. The van der Waals surface area contributed by atoms with Gasteiger partial charge in [-0.1, -0.05) is 66.7 Å². The number of benzene rings is 4. The maximum atomic E-state index is 13.9. The van der Waals surface area contributed by atoms with Crippen LogP contribution in [0.15, 0.2) is 103 Å². The van der Waals surface area contributed by atoms with Gasteiger partial charge in [0, 0.05) is 23.7 Å². The molecule has 7 heteroatoms. The summed E-state index contributed by atoms with van der Waals surface area (Å²) in [6, 6.07) is 32.3. The van der Waals surface area contributed by atoms with Crippen LogP contribution in [0.5, 0.6) is 11.5 Å². The van der Waals surface area contributed by atoms with Gasteiger partial charge in [0.2, 0.25) is 0 Å². The first kappa shape index (κ1) is 27.1. The predicted octanol–water partition coefficient (Wildman–Crippen LogP) is 6.20. The van der Waals surface area contributed by atoms with E-state index < -0.39 is 0 Å². The molecule has 7 nitrogen and oxygen atoms in total. The average Bonchev–Trinajstić information content (AvgIpc) is 3.30. The Kier molecular flexibility index (Phi) is 7.64. The van der Waals surface area contributed by atoms with Crippen LogP contribution in [0.1, 0.15) is 27.2 Å². The number of rotatable bonds is 8. The molecule has 1 aromatic heterocycles. The van der Waals surface area contributed by atoms with E-state index >= 15 is 0 Å². The largest absolute Gasteiger partial charge is 0.490 e. The van der Waals surface area contributed by atoms with Crippen LogP contribution in [-0.4, -0.2) is 42.7 Å². The van der Waals surface area contributed by atoms with Gasteiger partial charge in [-0.3, -0.25) is 14.2 Å². The third-order valence-corrected chi connectivity index (χ3v) is 7.57. The first-order valence-corrected chi connectivity index (χ1v) is 14.0. The Hall–Kier alpha value is -5.04. The number of ether oxygens (including phenoxy) is 3. The van der Waals surface area contributed by atoms with Gasteiger partial charge in [0.25, 0.3) is 5.91 Å². The lowest BCUT2D eigenvalue weighted by Crippen LogP contribution is -2.41. The third kappa shape index (κ3) is 5.59. The van der Waals surface area contributed by atoms with Crippen molar-refractivity contribution in [3.8, 4) is 11.5 Å². The number of fused-ring (bicyclic) bond motifs is 2. The summed E-state index contributed by atoms with van der Waals surface area (Å²) in [5, 5.41) is 0.853. The second kappa shape index (κ2) is 11.8. The van der Waals surface area contributed by atoms with Gasteiger partial charge < -0.3 is 19.1 Å². The zero-order valence-corrected chi connectivity index (χ0v) is 23.7. The molecule has 42 heavy (non-hydrogen) atoms. The number of hydrogen-bond acceptors (Lipinski definition) is 6. The van der Waals surface area contributed by atoms with Crippen molar-refractivity contribution in [2.24, 2.45) is 0 Å². The summed E-state index contributed by atoms with van der Waals surface area (Å²) in [6.07, 6.45) is -0.0780. The number of para-hydroxylation sites is 3. The minimum absolute atomic E-state index is 0.0710. The van der Waals surface area contributed by atoms with Gasteiger partial charge in [0.15, 0.2) is 0 Å². The van der Waals surface area contributed by atoms with Crippen molar-refractivity contribution in [2.75, 3.05) is 25.1 Å². The van der Waals surface area contributed by atoms with Gasteiger partial charge in [0.05, 0.1) is 24.2 Å². The fraction of sp³-hybridized carbons (Fsp3) is 0.200. The van der Waals surface area contributed by atoms with Gasteiger partial charge in [-0.05, 0) is 54.4 Å². The van der Waals surface area contributed by atoms with Crippen molar-refractivity contribution in [3.63, 3.8) is 0 Å². The number of likely N-dealkylation sites (N-methyl/N-ethyl adjacent to an activating group) is 1.